The van der Waals surface area contributed by atoms with Gasteiger partial charge in [0, 0.05) is 17.7 Å². The number of anilines is 1. The van der Waals surface area contributed by atoms with Gasteiger partial charge in [0.05, 0.1) is 18.5 Å². The number of nitrogen functional groups attached to an aromatic ring is 1. The number of alkyl halides is 2. The molecule has 0 saturated heterocycles. The molecule has 0 fully saturated rings. The van der Waals surface area contributed by atoms with Crippen LogP contribution in [0.5, 0.6) is 0 Å². The summed E-state index contributed by atoms with van der Waals surface area (Å²) in [7, 11) is 0. The summed E-state index contributed by atoms with van der Waals surface area (Å²) in [6.07, 6.45) is -1.81. The van der Waals surface area contributed by atoms with Crippen LogP contribution in [0.1, 0.15) is 35.0 Å². The molecule has 0 atom stereocenters. The summed E-state index contributed by atoms with van der Waals surface area (Å²) in [5, 5.41) is 0. The van der Waals surface area contributed by atoms with E-state index < -0.39 is 18.0 Å². The Bertz CT molecular complexity index is 424. The number of esters is 1. The second kappa shape index (κ2) is 5.53. The predicted molar refractivity (Wildman–Crippen MR) is 57.5 cm³/mol. The molecule has 0 aliphatic carbocycles. The molecular weight excluding hydrogens is 232 g/mol. The van der Waals surface area contributed by atoms with Gasteiger partial charge in [-0.1, -0.05) is 0 Å². The van der Waals surface area contributed by atoms with Crippen LogP contribution in [-0.2, 0) is 11.3 Å². The summed E-state index contributed by atoms with van der Waals surface area (Å²) in [5.41, 5.74) is 9.83. The van der Waals surface area contributed by atoms with Gasteiger partial charge in [0.2, 0.25) is 0 Å². The van der Waals surface area contributed by atoms with Gasteiger partial charge in [0.15, 0.2) is 5.69 Å². The van der Waals surface area contributed by atoms with E-state index in [9.17, 15) is 13.6 Å². The molecule has 5 nitrogen and oxygen atoms in total. The van der Waals surface area contributed by atoms with Crippen molar-refractivity contribution in [3.63, 3.8) is 0 Å². The van der Waals surface area contributed by atoms with E-state index >= 15 is 0 Å². The smallest absolute Gasteiger partial charge is 0.357 e. The van der Waals surface area contributed by atoms with Crippen molar-refractivity contribution in [1.82, 2.24) is 4.98 Å². The van der Waals surface area contributed by atoms with Gasteiger partial charge in [-0.05, 0) is 6.92 Å². The number of hydrogen-bond acceptors (Lipinski definition) is 5. The minimum Gasteiger partial charge on any atom is -0.461 e. The van der Waals surface area contributed by atoms with Crippen molar-refractivity contribution in [2.75, 3.05) is 12.3 Å². The van der Waals surface area contributed by atoms with Gasteiger partial charge in [-0.2, -0.15) is 0 Å². The van der Waals surface area contributed by atoms with E-state index in [0.717, 1.165) is 6.20 Å². The van der Waals surface area contributed by atoms with Gasteiger partial charge in [0.25, 0.3) is 6.43 Å². The van der Waals surface area contributed by atoms with Crippen LogP contribution in [0.3, 0.4) is 0 Å². The number of nitrogens with two attached hydrogens (primary N) is 2. The van der Waals surface area contributed by atoms with Crippen LogP contribution in [0.25, 0.3) is 0 Å². The van der Waals surface area contributed by atoms with Crippen molar-refractivity contribution in [1.29, 1.82) is 0 Å². The lowest BCUT2D eigenvalue weighted by atomic mass is 10.1. The highest BCUT2D eigenvalue weighted by Crippen LogP contribution is 2.29. The Morgan fingerprint density at radius 3 is 2.71 bits per heavy atom. The second-order valence-corrected chi connectivity index (χ2v) is 3.18. The number of halogens is 2. The molecule has 1 aromatic heterocycles. The SMILES string of the molecule is CCOC(=O)c1ncc(N)c(C(F)F)c1CN. The van der Waals surface area contributed by atoms with E-state index in [1.807, 2.05) is 0 Å². The molecule has 0 bridgehead atoms. The van der Waals surface area contributed by atoms with E-state index in [1.54, 1.807) is 6.92 Å². The normalized spacial score (nSPS) is 10.6. The molecule has 0 radical (unpaired) electrons. The zero-order valence-electron chi connectivity index (χ0n) is 9.24. The number of aromatic nitrogens is 1. The fourth-order valence-corrected chi connectivity index (χ4v) is 1.42. The van der Waals surface area contributed by atoms with Gasteiger partial charge in [-0.25, -0.2) is 18.6 Å². The van der Waals surface area contributed by atoms with Crippen molar-refractivity contribution >= 4 is 11.7 Å². The van der Waals surface area contributed by atoms with Crippen LogP contribution >= 0.6 is 0 Å². The Balaban J connectivity index is 3.32. The third-order valence-corrected chi connectivity index (χ3v) is 2.15. The number of carbonyl (C=O) groups excluding carboxylic acids is 1. The largest absolute Gasteiger partial charge is 0.461 e. The molecule has 7 heteroatoms. The van der Waals surface area contributed by atoms with Crippen LogP contribution in [0, 0.1) is 0 Å². The van der Waals surface area contributed by atoms with E-state index in [4.69, 9.17) is 16.2 Å². The molecule has 0 amide bonds. The molecule has 17 heavy (non-hydrogen) atoms. The van der Waals surface area contributed by atoms with Crippen molar-refractivity contribution in [2.24, 2.45) is 5.73 Å². The molecule has 0 saturated carbocycles. The van der Waals surface area contributed by atoms with Crippen LogP contribution in [0.4, 0.5) is 14.5 Å². The fourth-order valence-electron chi connectivity index (χ4n) is 1.42. The van der Waals surface area contributed by atoms with Crippen LogP contribution in [-0.4, -0.2) is 17.6 Å². The highest BCUT2D eigenvalue weighted by atomic mass is 19.3. The molecule has 0 aromatic carbocycles. The van der Waals surface area contributed by atoms with Crippen LogP contribution in [0.15, 0.2) is 6.20 Å². The van der Waals surface area contributed by atoms with Crippen molar-refractivity contribution in [3.8, 4) is 0 Å². The monoisotopic (exact) mass is 245 g/mol. The molecular formula is C10H13F2N3O2. The molecule has 1 heterocycles. The third kappa shape index (κ3) is 2.68. The molecule has 0 aliphatic heterocycles. The van der Waals surface area contributed by atoms with E-state index in [-0.39, 0.29) is 30.1 Å². The Hall–Kier alpha value is -1.76. The molecule has 1 rings (SSSR count). The maximum atomic E-state index is 12.8. The second-order valence-electron chi connectivity index (χ2n) is 3.18. The average Bonchev–Trinajstić information content (AvgIpc) is 2.27. The van der Waals surface area contributed by atoms with Gasteiger partial charge in [-0.3, -0.25) is 0 Å². The highest BCUT2D eigenvalue weighted by molar-refractivity contribution is 5.90. The van der Waals surface area contributed by atoms with E-state index in [2.05, 4.69) is 4.98 Å². The lowest BCUT2D eigenvalue weighted by Crippen LogP contribution is -2.17. The lowest BCUT2D eigenvalue weighted by Gasteiger charge is -2.13. The maximum absolute atomic E-state index is 12.8. The van der Waals surface area contributed by atoms with Crippen LogP contribution < -0.4 is 11.5 Å². The minimum atomic E-state index is -2.82. The first kappa shape index (κ1) is 13.3. The van der Waals surface area contributed by atoms with Gasteiger partial charge in [-0.15, -0.1) is 0 Å². The Kier molecular flexibility index (Phi) is 4.33. The van der Waals surface area contributed by atoms with Gasteiger partial charge >= 0.3 is 5.97 Å². The number of pyridine rings is 1. The summed E-state index contributed by atoms with van der Waals surface area (Å²) in [4.78, 5) is 15.2. The first-order chi connectivity index (χ1) is 8.02. The fraction of sp³-hybridized carbons (Fsp3) is 0.400. The van der Waals surface area contributed by atoms with Gasteiger partial charge < -0.3 is 16.2 Å². The van der Waals surface area contributed by atoms with Crippen LogP contribution in [0.2, 0.25) is 0 Å². The van der Waals surface area contributed by atoms with Gasteiger partial charge in [0.1, 0.15) is 0 Å². The maximum Gasteiger partial charge on any atom is 0.357 e. The number of rotatable bonds is 4. The Morgan fingerprint density at radius 2 is 2.24 bits per heavy atom. The minimum absolute atomic E-state index is 0.0709. The molecule has 94 valence electrons. The van der Waals surface area contributed by atoms with Crippen molar-refractivity contribution in [2.45, 2.75) is 19.9 Å². The first-order valence-corrected chi connectivity index (χ1v) is 4.95. The standard InChI is InChI=1S/C10H13F2N3O2/c1-2-17-10(16)8-5(3-13)7(9(11)12)6(14)4-15-8/h4,9H,2-3,13-14H2,1H3. The van der Waals surface area contributed by atoms with Crippen molar-refractivity contribution < 1.29 is 18.3 Å². The molecule has 0 unspecified atom stereocenters. The topological polar surface area (TPSA) is 91.2 Å². The number of hydrogen-bond donors (Lipinski definition) is 2. The lowest BCUT2D eigenvalue weighted by molar-refractivity contribution is 0.0517. The molecule has 4 N–H and O–H groups in total. The van der Waals surface area contributed by atoms with E-state index in [0.29, 0.717) is 0 Å². The average molecular weight is 245 g/mol. The Labute approximate surface area is 96.8 Å². The Morgan fingerprint density at radius 1 is 1.59 bits per heavy atom. The zero-order chi connectivity index (χ0) is 13.0. The zero-order valence-corrected chi connectivity index (χ0v) is 9.24. The number of nitrogens with zero attached hydrogens (tertiary/aromatic N) is 1. The predicted octanol–water partition coefficient (Wildman–Crippen LogP) is 1.24. The molecule has 1 aromatic rings. The molecule has 0 spiro atoms. The number of carbonyl (C=O) groups is 1. The van der Waals surface area contributed by atoms with Crippen molar-refractivity contribution in [3.05, 3.63) is 23.0 Å². The van der Waals surface area contributed by atoms with E-state index in [1.165, 1.54) is 0 Å². The molecule has 0 aliphatic rings. The summed E-state index contributed by atoms with van der Waals surface area (Å²) < 4.78 is 30.3. The summed E-state index contributed by atoms with van der Waals surface area (Å²) in [6.45, 7) is 1.47. The summed E-state index contributed by atoms with van der Waals surface area (Å²) in [6, 6.07) is 0. The number of ether oxygens (including phenoxy) is 1. The first-order valence-electron chi connectivity index (χ1n) is 4.95. The third-order valence-electron chi connectivity index (χ3n) is 2.15. The summed E-state index contributed by atoms with van der Waals surface area (Å²) >= 11 is 0. The summed E-state index contributed by atoms with van der Waals surface area (Å²) in [5.74, 6) is -0.783. The highest BCUT2D eigenvalue weighted by Gasteiger charge is 2.23. The quantitative estimate of drug-likeness (QED) is 0.778.